The molecule has 1 aromatic heterocycles. The number of carboxylic acids is 1. The average molecular weight is 522 g/mol. The molecule has 1 aliphatic heterocycles. The maximum atomic E-state index is 11.5. The zero-order chi connectivity index (χ0) is 27.8. The molecule has 0 saturated carbocycles. The highest BCUT2D eigenvalue weighted by molar-refractivity contribution is 5.97. The standard InChI is InChI=1S/C30H35NO7/c1-17(2)7-5-8-18(3)9-6-12-30(4)26(34)15-21-25(33)14-20-23(27(21)38-30)16-31(28(20)35)19-10-11-24(32)22(13-19)29(36)37/h7,9-11,13-14,16,26,32-35H,5-6,8,12,15H2,1-4H3,(H,36,37). The molecule has 202 valence electrons. The van der Waals surface area contributed by atoms with Gasteiger partial charge in [0.25, 0.3) is 0 Å². The Balaban J connectivity index is 1.67. The lowest BCUT2D eigenvalue weighted by atomic mass is 9.84. The second-order valence-electron chi connectivity index (χ2n) is 10.5. The van der Waals surface area contributed by atoms with Crippen LogP contribution in [0.1, 0.15) is 69.3 Å². The van der Waals surface area contributed by atoms with Crippen molar-refractivity contribution in [2.75, 3.05) is 0 Å². The summed E-state index contributed by atoms with van der Waals surface area (Å²) in [5.74, 6) is -1.63. The minimum Gasteiger partial charge on any atom is -0.508 e. The molecule has 1 aliphatic rings. The molecule has 5 N–H and O–H groups in total. The first-order valence-electron chi connectivity index (χ1n) is 12.7. The fraction of sp³-hybridized carbons (Fsp3) is 0.367. The highest BCUT2D eigenvalue weighted by atomic mass is 16.5. The van der Waals surface area contributed by atoms with Crippen molar-refractivity contribution in [1.82, 2.24) is 4.57 Å². The van der Waals surface area contributed by atoms with Crippen molar-refractivity contribution in [2.45, 2.75) is 71.5 Å². The molecule has 3 aromatic rings. The summed E-state index contributed by atoms with van der Waals surface area (Å²) < 4.78 is 7.77. The number of hydrogen-bond donors (Lipinski definition) is 5. The molecular weight excluding hydrogens is 486 g/mol. The molecular formula is C30H35NO7. The van der Waals surface area contributed by atoms with E-state index in [2.05, 4.69) is 32.9 Å². The van der Waals surface area contributed by atoms with Gasteiger partial charge in [0.15, 0.2) is 0 Å². The van der Waals surface area contributed by atoms with Gasteiger partial charge in [0.1, 0.15) is 28.4 Å². The van der Waals surface area contributed by atoms with Crippen LogP contribution in [0.25, 0.3) is 16.5 Å². The summed E-state index contributed by atoms with van der Waals surface area (Å²) in [7, 11) is 0. The van der Waals surface area contributed by atoms with Gasteiger partial charge >= 0.3 is 5.97 Å². The zero-order valence-electron chi connectivity index (χ0n) is 22.2. The third-order valence-corrected chi connectivity index (χ3v) is 7.28. The van der Waals surface area contributed by atoms with Gasteiger partial charge in [-0.15, -0.1) is 0 Å². The number of phenols is 2. The Morgan fingerprint density at radius 1 is 1.08 bits per heavy atom. The number of benzene rings is 2. The van der Waals surface area contributed by atoms with Crippen LogP contribution in [0.15, 0.2) is 53.8 Å². The molecule has 2 heterocycles. The van der Waals surface area contributed by atoms with Crippen molar-refractivity contribution >= 4 is 16.7 Å². The van der Waals surface area contributed by atoms with Crippen LogP contribution >= 0.6 is 0 Å². The van der Waals surface area contributed by atoms with E-state index in [0.29, 0.717) is 40.6 Å². The Labute approximate surface area is 221 Å². The topological polar surface area (TPSA) is 132 Å². The van der Waals surface area contributed by atoms with Crippen LogP contribution in [0.2, 0.25) is 0 Å². The number of aromatic hydroxyl groups is 3. The smallest absolute Gasteiger partial charge is 0.339 e. The van der Waals surface area contributed by atoms with E-state index in [1.807, 2.05) is 6.92 Å². The minimum atomic E-state index is -1.30. The van der Waals surface area contributed by atoms with Gasteiger partial charge in [-0.3, -0.25) is 4.57 Å². The van der Waals surface area contributed by atoms with Crippen molar-refractivity contribution in [3.63, 3.8) is 0 Å². The van der Waals surface area contributed by atoms with Crippen LogP contribution in [0, 0.1) is 0 Å². The van der Waals surface area contributed by atoms with E-state index in [4.69, 9.17) is 4.74 Å². The van der Waals surface area contributed by atoms with Crippen molar-refractivity contribution in [3.8, 4) is 28.8 Å². The largest absolute Gasteiger partial charge is 0.508 e. The molecule has 0 bridgehead atoms. The third kappa shape index (κ3) is 5.22. The minimum absolute atomic E-state index is 0.103. The lowest BCUT2D eigenvalue weighted by molar-refractivity contribution is -0.0581. The van der Waals surface area contributed by atoms with Crippen molar-refractivity contribution in [2.24, 2.45) is 0 Å². The van der Waals surface area contributed by atoms with Gasteiger partial charge < -0.3 is 30.3 Å². The van der Waals surface area contributed by atoms with Crippen LogP contribution in [-0.4, -0.2) is 47.8 Å². The van der Waals surface area contributed by atoms with Gasteiger partial charge in [0.05, 0.1) is 11.5 Å². The van der Waals surface area contributed by atoms with Gasteiger partial charge in [0.2, 0.25) is 5.88 Å². The molecule has 0 spiro atoms. The Hall–Kier alpha value is -3.91. The van der Waals surface area contributed by atoms with Gasteiger partial charge in [0, 0.05) is 29.3 Å². The van der Waals surface area contributed by atoms with Crippen molar-refractivity contribution in [1.29, 1.82) is 0 Å². The van der Waals surface area contributed by atoms with E-state index in [9.17, 15) is 30.3 Å². The second kappa shape index (κ2) is 10.5. The van der Waals surface area contributed by atoms with E-state index in [-0.39, 0.29) is 29.4 Å². The fourth-order valence-electron chi connectivity index (χ4n) is 4.92. The predicted molar refractivity (Wildman–Crippen MR) is 146 cm³/mol. The molecule has 4 rings (SSSR count). The van der Waals surface area contributed by atoms with E-state index < -0.39 is 17.7 Å². The van der Waals surface area contributed by atoms with Gasteiger partial charge in [-0.1, -0.05) is 23.3 Å². The Kier molecular flexibility index (Phi) is 7.47. The molecule has 0 amide bonds. The normalized spacial score (nSPS) is 19.2. The number of rotatable bonds is 8. The molecule has 38 heavy (non-hydrogen) atoms. The fourth-order valence-corrected chi connectivity index (χ4v) is 4.92. The van der Waals surface area contributed by atoms with Crippen LogP contribution in [-0.2, 0) is 6.42 Å². The highest BCUT2D eigenvalue weighted by Gasteiger charge is 2.41. The molecule has 2 aromatic carbocycles. The monoisotopic (exact) mass is 521 g/mol. The van der Waals surface area contributed by atoms with Crippen LogP contribution < -0.4 is 4.74 Å². The average Bonchev–Trinajstić information content (AvgIpc) is 3.16. The summed E-state index contributed by atoms with van der Waals surface area (Å²) >= 11 is 0. The quantitative estimate of drug-likeness (QED) is 0.231. The van der Waals surface area contributed by atoms with Crippen molar-refractivity contribution < 1.29 is 35.1 Å². The second-order valence-corrected chi connectivity index (χ2v) is 10.5. The predicted octanol–water partition coefficient (Wildman–Crippen LogP) is 5.97. The molecule has 0 fully saturated rings. The maximum Gasteiger partial charge on any atom is 0.339 e. The number of hydrogen-bond acceptors (Lipinski definition) is 6. The summed E-state index contributed by atoms with van der Waals surface area (Å²) in [6, 6.07) is 5.39. The number of carbonyl (C=O) groups is 1. The summed E-state index contributed by atoms with van der Waals surface area (Å²) in [4.78, 5) is 11.5. The first-order chi connectivity index (χ1) is 17.9. The van der Waals surface area contributed by atoms with E-state index >= 15 is 0 Å². The SMILES string of the molecule is CC(C)=CCCC(C)=CCCC1(C)Oc2c(c(O)cc3c(O)n(-c4ccc(O)c(C(=O)O)c4)cc23)CC1O. The molecule has 8 heteroatoms. The highest BCUT2D eigenvalue weighted by Crippen LogP contribution is 2.48. The Morgan fingerprint density at radius 3 is 2.50 bits per heavy atom. The number of carboxylic acid groups (broad SMARTS) is 1. The Bertz CT molecular complexity index is 1440. The Morgan fingerprint density at radius 2 is 1.82 bits per heavy atom. The summed E-state index contributed by atoms with van der Waals surface area (Å²) in [6.07, 6.45) is 8.55. The van der Waals surface area contributed by atoms with Crippen LogP contribution in [0.5, 0.6) is 23.1 Å². The number of phenolic OH excluding ortho intramolecular Hbond substituents is 1. The van der Waals surface area contributed by atoms with Gasteiger partial charge in [-0.05, 0) is 77.6 Å². The van der Waals surface area contributed by atoms with Crippen LogP contribution in [0.3, 0.4) is 0 Å². The zero-order valence-corrected chi connectivity index (χ0v) is 22.2. The number of allylic oxidation sites excluding steroid dienone is 4. The summed E-state index contributed by atoms with van der Waals surface area (Å²) in [6.45, 7) is 8.11. The number of aromatic carboxylic acids is 1. The van der Waals surface area contributed by atoms with E-state index in [1.165, 1.54) is 40.0 Å². The third-order valence-electron chi connectivity index (χ3n) is 7.28. The number of nitrogens with zero attached hydrogens (tertiary/aromatic N) is 1. The molecule has 0 aliphatic carbocycles. The first kappa shape index (κ1) is 27.1. The van der Waals surface area contributed by atoms with Crippen LogP contribution in [0.4, 0.5) is 0 Å². The number of aliphatic hydroxyl groups is 1. The lowest BCUT2D eigenvalue weighted by Gasteiger charge is -2.40. The molecule has 2 atom stereocenters. The van der Waals surface area contributed by atoms with E-state index in [0.717, 1.165) is 12.8 Å². The molecule has 8 nitrogen and oxygen atoms in total. The lowest BCUT2D eigenvalue weighted by Crippen LogP contribution is -2.48. The summed E-state index contributed by atoms with van der Waals surface area (Å²) in [5.41, 5.74) is 2.11. The van der Waals surface area contributed by atoms with E-state index in [1.54, 1.807) is 6.20 Å². The molecule has 0 radical (unpaired) electrons. The van der Waals surface area contributed by atoms with Crippen molar-refractivity contribution in [3.05, 3.63) is 64.9 Å². The maximum absolute atomic E-state index is 11.5. The summed E-state index contributed by atoms with van der Waals surface area (Å²) in [5, 5.41) is 52.8. The number of fused-ring (bicyclic) bond motifs is 3. The number of aliphatic hydroxyl groups excluding tert-OH is 1. The van der Waals surface area contributed by atoms with Gasteiger partial charge in [-0.2, -0.15) is 0 Å². The first-order valence-corrected chi connectivity index (χ1v) is 12.7. The molecule has 0 saturated heterocycles. The number of ether oxygens (including phenoxy) is 1. The van der Waals surface area contributed by atoms with Gasteiger partial charge in [-0.25, -0.2) is 4.79 Å². The molecule has 2 unspecified atom stereocenters. The number of aromatic nitrogens is 1.